The van der Waals surface area contributed by atoms with E-state index in [-0.39, 0.29) is 6.61 Å². The highest BCUT2D eigenvalue weighted by Crippen LogP contribution is 2.26. The Morgan fingerprint density at radius 3 is 2.57 bits per heavy atom. The normalized spacial score (nSPS) is 10.9. The molecule has 0 aliphatic carbocycles. The van der Waals surface area contributed by atoms with Gasteiger partial charge in [-0.05, 0) is 54.7 Å². The molecule has 0 saturated heterocycles. The maximum atomic E-state index is 9.01. The Kier molecular flexibility index (Phi) is 6.55. The lowest BCUT2D eigenvalue weighted by molar-refractivity contribution is 0.292. The first-order valence-electron chi connectivity index (χ1n) is 9.59. The van der Waals surface area contributed by atoms with Crippen LogP contribution in [0.4, 0.5) is 17.5 Å². The summed E-state index contributed by atoms with van der Waals surface area (Å²) in [5.74, 6) is 1.69. The second kappa shape index (κ2) is 9.28. The summed E-state index contributed by atoms with van der Waals surface area (Å²) in [4.78, 5) is 13.5. The first-order chi connectivity index (χ1) is 13.6. The molecule has 28 heavy (non-hydrogen) atoms. The van der Waals surface area contributed by atoms with Crippen molar-refractivity contribution in [3.63, 3.8) is 0 Å². The Morgan fingerprint density at radius 1 is 1.04 bits per heavy atom. The highest BCUT2D eigenvalue weighted by atomic mass is 16.3. The predicted molar refractivity (Wildman–Crippen MR) is 114 cm³/mol. The SMILES string of the molecule is Cc1cc(Nc2cc(-c3ccccn3)nc(NCCCO)n2)ccc1C(C)C. The highest BCUT2D eigenvalue weighted by molar-refractivity contribution is 5.65. The monoisotopic (exact) mass is 377 g/mol. The number of aliphatic hydroxyl groups is 1. The molecular formula is C22H27N5O. The van der Waals surface area contributed by atoms with Crippen LogP contribution in [0, 0.1) is 6.92 Å². The summed E-state index contributed by atoms with van der Waals surface area (Å²) in [6.07, 6.45) is 2.38. The van der Waals surface area contributed by atoms with E-state index in [1.165, 1.54) is 11.1 Å². The number of nitrogens with one attached hydrogen (secondary N) is 2. The average molecular weight is 377 g/mol. The third-order valence-corrected chi connectivity index (χ3v) is 4.44. The van der Waals surface area contributed by atoms with E-state index in [1.54, 1.807) is 6.20 Å². The first-order valence-corrected chi connectivity index (χ1v) is 9.59. The molecule has 0 aliphatic heterocycles. The van der Waals surface area contributed by atoms with Crippen LogP contribution in [0.5, 0.6) is 0 Å². The van der Waals surface area contributed by atoms with Crippen LogP contribution in [0.3, 0.4) is 0 Å². The maximum Gasteiger partial charge on any atom is 0.225 e. The van der Waals surface area contributed by atoms with Crippen LogP contribution >= 0.6 is 0 Å². The van der Waals surface area contributed by atoms with Crippen LogP contribution in [0.15, 0.2) is 48.7 Å². The van der Waals surface area contributed by atoms with Gasteiger partial charge in [-0.2, -0.15) is 4.98 Å². The van der Waals surface area contributed by atoms with Crippen LogP contribution in [-0.2, 0) is 0 Å². The van der Waals surface area contributed by atoms with Crippen LogP contribution in [0.25, 0.3) is 11.4 Å². The quantitative estimate of drug-likeness (QED) is 0.501. The summed E-state index contributed by atoms with van der Waals surface area (Å²) in [6, 6.07) is 14.0. The molecule has 146 valence electrons. The fourth-order valence-corrected chi connectivity index (χ4v) is 3.06. The Labute approximate surface area is 166 Å². The van der Waals surface area contributed by atoms with Gasteiger partial charge in [-0.1, -0.05) is 26.0 Å². The molecule has 6 nitrogen and oxygen atoms in total. The minimum atomic E-state index is 0.125. The molecule has 0 atom stereocenters. The van der Waals surface area contributed by atoms with Crippen molar-refractivity contribution >= 4 is 17.5 Å². The number of pyridine rings is 1. The van der Waals surface area contributed by atoms with E-state index in [4.69, 9.17) is 5.11 Å². The fourth-order valence-electron chi connectivity index (χ4n) is 3.06. The van der Waals surface area contributed by atoms with Gasteiger partial charge in [-0.15, -0.1) is 0 Å². The van der Waals surface area contributed by atoms with Crippen LogP contribution in [-0.4, -0.2) is 33.2 Å². The largest absolute Gasteiger partial charge is 0.396 e. The van der Waals surface area contributed by atoms with E-state index in [9.17, 15) is 0 Å². The number of rotatable bonds is 8. The number of aliphatic hydroxyl groups excluding tert-OH is 1. The molecule has 0 bridgehead atoms. The molecule has 6 heteroatoms. The van der Waals surface area contributed by atoms with Crippen molar-refractivity contribution in [2.45, 2.75) is 33.1 Å². The maximum absolute atomic E-state index is 9.01. The molecule has 3 N–H and O–H groups in total. The summed E-state index contributed by atoms with van der Waals surface area (Å²) >= 11 is 0. The standard InChI is InChI=1S/C22H27N5O/c1-15(2)18-9-8-17(13-16(18)3)25-21-14-20(19-7-4-5-10-23-19)26-22(27-21)24-11-6-12-28/h4-5,7-10,13-15,28H,6,11-12H2,1-3H3,(H2,24,25,26,27). The minimum absolute atomic E-state index is 0.125. The smallest absolute Gasteiger partial charge is 0.225 e. The van der Waals surface area contributed by atoms with Gasteiger partial charge in [0, 0.05) is 31.1 Å². The van der Waals surface area contributed by atoms with Crippen molar-refractivity contribution in [2.24, 2.45) is 0 Å². The van der Waals surface area contributed by atoms with Gasteiger partial charge in [0.1, 0.15) is 5.82 Å². The van der Waals surface area contributed by atoms with Crippen molar-refractivity contribution in [2.75, 3.05) is 23.8 Å². The summed E-state index contributed by atoms with van der Waals surface area (Å²) in [6.45, 7) is 7.25. The minimum Gasteiger partial charge on any atom is -0.396 e. The van der Waals surface area contributed by atoms with Crippen molar-refractivity contribution in [3.05, 3.63) is 59.8 Å². The van der Waals surface area contributed by atoms with Crippen molar-refractivity contribution in [3.8, 4) is 11.4 Å². The van der Waals surface area contributed by atoms with Crippen LogP contribution in [0.2, 0.25) is 0 Å². The molecule has 3 rings (SSSR count). The average Bonchev–Trinajstić information content (AvgIpc) is 2.68. The lowest BCUT2D eigenvalue weighted by Gasteiger charge is -2.14. The molecule has 3 aromatic rings. The molecule has 0 radical (unpaired) electrons. The van der Waals surface area contributed by atoms with Gasteiger partial charge < -0.3 is 15.7 Å². The number of hydrogen-bond acceptors (Lipinski definition) is 6. The van der Waals surface area contributed by atoms with Gasteiger partial charge in [0.2, 0.25) is 5.95 Å². The number of benzene rings is 1. The predicted octanol–water partition coefficient (Wildman–Crippen LogP) is 4.51. The van der Waals surface area contributed by atoms with Crippen molar-refractivity contribution in [1.29, 1.82) is 0 Å². The van der Waals surface area contributed by atoms with E-state index in [0.717, 1.165) is 17.1 Å². The molecule has 0 saturated carbocycles. The number of aryl methyl sites for hydroxylation is 1. The molecule has 0 amide bonds. The Balaban J connectivity index is 1.90. The molecule has 0 spiro atoms. The lowest BCUT2D eigenvalue weighted by Crippen LogP contribution is -2.09. The van der Waals surface area contributed by atoms with Crippen LogP contribution in [0.1, 0.15) is 37.3 Å². The number of nitrogens with zero attached hydrogens (tertiary/aromatic N) is 3. The summed E-state index contributed by atoms with van der Waals surface area (Å²) in [5, 5.41) is 15.6. The van der Waals surface area contributed by atoms with E-state index < -0.39 is 0 Å². The number of hydrogen-bond donors (Lipinski definition) is 3. The molecule has 2 heterocycles. The van der Waals surface area contributed by atoms with E-state index in [2.05, 4.69) is 64.6 Å². The van der Waals surface area contributed by atoms with Gasteiger partial charge in [-0.3, -0.25) is 4.98 Å². The second-order valence-electron chi connectivity index (χ2n) is 7.03. The van der Waals surface area contributed by atoms with Crippen LogP contribution < -0.4 is 10.6 Å². The second-order valence-corrected chi connectivity index (χ2v) is 7.03. The zero-order valence-electron chi connectivity index (χ0n) is 16.6. The molecule has 0 unspecified atom stereocenters. The van der Waals surface area contributed by atoms with E-state index >= 15 is 0 Å². The van der Waals surface area contributed by atoms with E-state index in [0.29, 0.717) is 30.6 Å². The van der Waals surface area contributed by atoms with Crippen molar-refractivity contribution < 1.29 is 5.11 Å². The molecule has 0 aliphatic rings. The Hall–Kier alpha value is -2.99. The topological polar surface area (TPSA) is 83.0 Å². The van der Waals surface area contributed by atoms with Gasteiger partial charge in [-0.25, -0.2) is 4.98 Å². The third kappa shape index (κ3) is 5.04. The number of anilines is 3. The summed E-state index contributed by atoms with van der Waals surface area (Å²) in [7, 11) is 0. The lowest BCUT2D eigenvalue weighted by atomic mass is 9.98. The number of aromatic nitrogens is 3. The summed E-state index contributed by atoms with van der Waals surface area (Å²) in [5.41, 5.74) is 5.09. The zero-order valence-corrected chi connectivity index (χ0v) is 16.6. The third-order valence-electron chi connectivity index (χ3n) is 4.44. The van der Waals surface area contributed by atoms with E-state index in [1.807, 2.05) is 24.3 Å². The molecular weight excluding hydrogens is 350 g/mol. The Bertz CT molecular complexity index is 912. The highest BCUT2D eigenvalue weighted by Gasteiger charge is 2.09. The van der Waals surface area contributed by atoms with Gasteiger partial charge >= 0.3 is 0 Å². The molecule has 1 aromatic carbocycles. The Morgan fingerprint density at radius 2 is 1.89 bits per heavy atom. The van der Waals surface area contributed by atoms with Crippen molar-refractivity contribution in [1.82, 2.24) is 15.0 Å². The van der Waals surface area contributed by atoms with Gasteiger partial charge in [0.25, 0.3) is 0 Å². The molecule has 2 aromatic heterocycles. The van der Waals surface area contributed by atoms with Gasteiger partial charge in [0.15, 0.2) is 0 Å². The first kappa shape index (κ1) is 19.8. The molecule has 0 fully saturated rings. The zero-order chi connectivity index (χ0) is 19.9. The fraction of sp³-hybridized carbons (Fsp3) is 0.318. The summed E-state index contributed by atoms with van der Waals surface area (Å²) < 4.78 is 0. The van der Waals surface area contributed by atoms with Gasteiger partial charge in [0.05, 0.1) is 11.4 Å².